The number of thioether (sulfide) groups is 1. The maximum Gasteiger partial charge on any atom is 0.130 e. The predicted molar refractivity (Wildman–Crippen MR) is 178 cm³/mol. The lowest BCUT2D eigenvalue weighted by Crippen LogP contribution is -2.15. The smallest absolute Gasteiger partial charge is 0.130 e. The molecule has 0 radical (unpaired) electrons. The van der Waals surface area contributed by atoms with Gasteiger partial charge in [0, 0.05) is 22.1 Å². The number of hydrogen-bond donors (Lipinski definition) is 0. The van der Waals surface area contributed by atoms with Crippen LogP contribution in [0.4, 0.5) is 0 Å². The fourth-order valence-electron chi connectivity index (χ4n) is 5.70. The average molecular weight is 582 g/mol. The standard InChI is InChI=1S/C37H40ClNOS/c1-26(40)24-37(20-21-37)25-41-35(19-15-28-9-5-6-11-33(28)36(2,3)4)30-10-7-8-27(22-30)12-17-32-18-14-29-13-16-31(38)23-34(29)39-32/h5-14,16-18,22-23,35H,15,19-21,24-25H2,1-4H3/b17-12+/t35-/m1/s1. The molecule has 0 amide bonds. The molecule has 0 unspecified atom stereocenters. The van der Waals surface area contributed by atoms with E-state index in [0.717, 1.165) is 35.2 Å². The Labute approximate surface area is 254 Å². The number of carbonyl (C=O) groups excluding carboxylic acids is 1. The van der Waals surface area contributed by atoms with Crippen LogP contribution in [0.3, 0.4) is 0 Å². The van der Waals surface area contributed by atoms with Gasteiger partial charge < -0.3 is 4.79 Å². The van der Waals surface area contributed by atoms with Gasteiger partial charge in [-0.3, -0.25) is 0 Å². The summed E-state index contributed by atoms with van der Waals surface area (Å²) in [6.07, 6.45) is 9.39. The molecule has 0 spiro atoms. The lowest BCUT2D eigenvalue weighted by Gasteiger charge is -2.25. The highest BCUT2D eigenvalue weighted by Crippen LogP contribution is 2.53. The summed E-state index contributed by atoms with van der Waals surface area (Å²) >= 11 is 8.24. The van der Waals surface area contributed by atoms with E-state index < -0.39 is 0 Å². The fraction of sp³-hybridized carbons (Fsp3) is 0.351. The molecule has 1 heterocycles. The monoisotopic (exact) mass is 581 g/mol. The minimum atomic E-state index is 0.117. The van der Waals surface area contributed by atoms with Gasteiger partial charge >= 0.3 is 0 Å². The van der Waals surface area contributed by atoms with Crippen LogP contribution >= 0.6 is 23.4 Å². The second-order valence-electron chi connectivity index (χ2n) is 12.7. The first-order chi connectivity index (χ1) is 19.6. The fourth-order valence-corrected chi connectivity index (χ4v) is 7.44. The first-order valence-electron chi connectivity index (χ1n) is 14.6. The third-order valence-corrected chi connectivity index (χ3v) is 10.0. The van der Waals surface area contributed by atoms with Crippen LogP contribution in [0.2, 0.25) is 5.02 Å². The first kappa shape index (κ1) is 29.6. The molecule has 212 valence electrons. The minimum Gasteiger partial charge on any atom is -0.300 e. The van der Waals surface area contributed by atoms with Crippen molar-refractivity contribution in [1.82, 2.24) is 4.98 Å². The highest BCUT2D eigenvalue weighted by Gasteiger charge is 2.43. The molecule has 0 bridgehead atoms. The molecule has 1 atom stereocenters. The molecule has 2 nitrogen and oxygen atoms in total. The number of rotatable bonds is 11. The molecule has 1 fully saturated rings. The molecule has 4 heteroatoms. The first-order valence-corrected chi connectivity index (χ1v) is 16.1. The number of ketones is 1. The average Bonchev–Trinajstić information content (AvgIpc) is 3.70. The molecule has 0 aliphatic heterocycles. The zero-order valence-electron chi connectivity index (χ0n) is 24.6. The number of Topliss-reactive ketones (excluding diaryl/α,β-unsaturated/α-hetero) is 1. The number of halogens is 1. The second-order valence-corrected chi connectivity index (χ2v) is 14.3. The van der Waals surface area contributed by atoms with Gasteiger partial charge in [-0.25, -0.2) is 4.98 Å². The Bertz CT molecular complexity index is 1560. The summed E-state index contributed by atoms with van der Waals surface area (Å²) < 4.78 is 0. The van der Waals surface area contributed by atoms with Crippen LogP contribution in [-0.2, 0) is 16.6 Å². The van der Waals surface area contributed by atoms with Gasteiger partial charge in [-0.15, -0.1) is 0 Å². The summed E-state index contributed by atoms with van der Waals surface area (Å²) in [6, 6.07) is 27.8. The largest absolute Gasteiger partial charge is 0.300 e. The van der Waals surface area contributed by atoms with E-state index in [1.807, 2.05) is 36.0 Å². The van der Waals surface area contributed by atoms with Crippen LogP contribution < -0.4 is 0 Å². The summed E-state index contributed by atoms with van der Waals surface area (Å²) in [6.45, 7) is 8.63. The predicted octanol–water partition coefficient (Wildman–Crippen LogP) is 10.5. The van der Waals surface area contributed by atoms with Crippen molar-refractivity contribution in [2.24, 2.45) is 5.41 Å². The van der Waals surface area contributed by atoms with E-state index in [1.165, 1.54) is 35.1 Å². The van der Waals surface area contributed by atoms with Crippen LogP contribution in [0.15, 0.2) is 78.9 Å². The second kappa shape index (κ2) is 12.5. The molecule has 41 heavy (non-hydrogen) atoms. The molecule has 1 aliphatic carbocycles. The van der Waals surface area contributed by atoms with Crippen molar-refractivity contribution in [2.45, 2.75) is 70.5 Å². The third kappa shape index (κ3) is 7.90. The van der Waals surface area contributed by atoms with E-state index in [-0.39, 0.29) is 10.8 Å². The van der Waals surface area contributed by atoms with Crippen molar-refractivity contribution >= 4 is 52.2 Å². The zero-order valence-corrected chi connectivity index (χ0v) is 26.2. The number of fused-ring (bicyclic) bond motifs is 1. The van der Waals surface area contributed by atoms with E-state index in [2.05, 4.69) is 87.5 Å². The topological polar surface area (TPSA) is 30.0 Å². The maximum absolute atomic E-state index is 12.0. The highest BCUT2D eigenvalue weighted by molar-refractivity contribution is 7.99. The van der Waals surface area contributed by atoms with Crippen molar-refractivity contribution in [3.63, 3.8) is 0 Å². The Kier molecular flexibility index (Phi) is 9.06. The number of benzene rings is 3. The Morgan fingerprint density at radius 1 is 1.00 bits per heavy atom. The summed E-state index contributed by atoms with van der Waals surface area (Å²) in [5, 5.41) is 2.14. The number of aryl methyl sites for hydroxylation is 1. The van der Waals surface area contributed by atoms with Crippen LogP contribution in [0.1, 0.15) is 86.6 Å². The minimum absolute atomic E-state index is 0.117. The Balaban J connectivity index is 1.37. The molecule has 0 saturated heterocycles. The van der Waals surface area contributed by atoms with E-state index in [4.69, 9.17) is 16.6 Å². The Morgan fingerprint density at radius 3 is 2.54 bits per heavy atom. The number of aromatic nitrogens is 1. The number of hydrogen-bond acceptors (Lipinski definition) is 3. The summed E-state index contributed by atoms with van der Waals surface area (Å²) in [7, 11) is 0. The van der Waals surface area contributed by atoms with Crippen molar-refractivity contribution in [1.29, 1.82) is 0 Å². The van der Waals surface area contributed by atoms with Crippen molar-refractivity contribution in [3.8, 4) is 0 Å². The molecule has 1 saturated carbocycles. The van der Waals surface area contributed by atoms with Crippen LogP contribution in [0.25, 0.3) is 23.1 Å². The molecule has 4 aromatic rings. The van der Waals surface area contributed by atoms with Gasteiger partial charge in [0.05, 0.1) is 11.2 Å². The summed E-state index contributed by atoms with van der Waals surface area (Å²) in [5.74, 6) is 1.36. The van der Waals surface area contributed by atoms with Gasteiger partial charge in [0.25, 0.3) is 0 Å². The molecule has 1 aromatic heterocycles. The Hall–Kier alpha value is -2.88. The molecular weight excluding hydrogens is 542 g/mol. The van der Waals surface area contributed by atoms with Gasteiger partial charge in [0.2, 0.25) is 0 Å². The Morgan fingerprint density at radius 2 is 1.78 bits per heavy atom. The van der Waals surface area contributed by atoms with Gasteiger partial charge in [-0.05, 0) is 95.7 Å². The van der Waals surface area contributed by atoms with E-state index in [0.29, 0.717) is 22.5 Å². The molecule has 5 rings (SSSR count). The lowest BCUT2D eigenvalue weighted by atomic mass is 9.82. The summed E-state index contributed by atoms with van der Waals surface area (Å²) in [4.78, 5) is 16.7. The van der Waals surface area contributed by atoms with Gasteiger partial charge in [0.15, 0.2) is 0 Å². The zero-order chi connectivity index (χ0) is 29.0. The SMILES string of the molecule is CC(=O)CC1(CS[C@H](CCc2ccccc2C(C)(C)C)c2cccc(/C=C/c3ccc4ccc(Cl)cc4n3)c2)CC1. The van der Waals surface area contributed by atoms with Gasteiger partial charge in [-0.1, -0.05) is 99.1 Å². The normalized spacial score (nSPS) is 15.3. The number of pyridine rings is 1. The van der Waals surface area contributed by atoms with Gasteiger partial charge in [0.1, 0.15) is 5.78 Å². The van der Waals surface area contributed by atoms with Crippen LogP contribution in [-0.4, -0.2) is 16.5 Å². The van der Waals surface area contributed by atoms with Crippen molar-refractivity contribution in [2.75, 3.05) is 5.75 Å². The van der Waals surface area contributed by atoms with E-state index in [1.54, 1.807) is 6.92 Å². The highest BCUT2D eigenvalue weighted by atomic mass is 35.5. The van der Waals surface area contributed by atoms with E-state index >= 15 is 0 Å². The maximum atomic E-state index is 12.0. The van der Waals surface area contributed by atoms with Gasteiger partial charge in [-0.2, -0.15) is 11.8 Å². The van der Waals surface area contributed by atoms with Crippen molar-refractivity contribution in [3.05, 3.63) is 112 Å². The quantitative estimate of drug-likeness (QED) is 0.176. The van der Waals surface area contributed by atoms with E-state index in [9.17, 15) is 4.79 Å². The third-order valence-electron chi connectivity index (χ3n) is 8.08. The summed E-state index contributed by atoms with van der Waals surface area (Å²) in [5.41, 5.74) is 7.53. The molecule has 3 aromatic carbocycles. The lowest BCUT2D eigenvalue weighted by molar-refractivity contribution is -0.117. The number of nitrogens with zero attached hydrogens (tertiary/aromatic N) is 1. The van der Waals surface area contributed by atoms with Crippen molar-refractivity contribution < 1.29 is 4.79 Å². The molecule has 1 aliphatic rings. The molecule has 0 N–H and O–H groups in total. The molecular formula is C37H40ClNOS. The number of carbonyl (C=O) groups is 1. The van der Waals surface area contributed by atoms with Crippen LogP contribution in [0, 0.1) is 5.41 Å². The van der Waals surface area contributed by atoms with Crippen LogP contribution in [0.5, 0.6) is 0 Å².